The van der Waals surface area contributed by atoms with Crippen LogP contribution in [-0.4, -0.2) is 58.3 Å². The highest BCUT2D eigenvalue weighted by atomic mass is 16.5. The summed E-state index contributed by atoms with van der Waals surface area (Å²) in [4.78, 5) is 15.9. The van der Waals surface area contributed by atoms with Crippen LogP contribution in [0, 0.1) is 0 Å². The maximum absolute atomic E-state index is 11.5. The molecule has 8 heteroatoms. The number of carbonyl (C=O) groups is 1. The molecule has 2 aromatic heterocycles. The molecule has 0 saturated carbocycles. The predicted molar refractivity (Wildman–Crippen MR) is 111 cm³/mol. The van der Waals surface area contributed by atoms with Gasteiger partial charge in [0.2, 0.25) is 0 Å². The lowest BCUT2D eigenvalue weighted by Gasteiger charge is -2.33. The van der Waals surface area contributed by atoms with Crippen molar-refractivity contribution in [3.8, 4) is 17.1 Å². The minimum atomic E-state index is -1.04. The van der Waals surface area contributed by atoms with Gasteiger partial charge in [0.25, 0.3) is 0 Å². The van der Waals surface area contributed by atoms with E-state index in [1.807, 2.05) is 18.2 Å². The zero-order chi connectivity index (χ0) is 21.1. The van der Waals surface area contributed by atoms with E-state index in [0.717, 1.165) is 55.7 Å². The fourth-order valence-electron chi connectivity index (χ4n) is 3.51. The van der Waals surface area contributed by atoms with Crippen LogP contribution in [0.1, 0.15) is 51.4 Å². The number of unbranched alkanes of at least 4 members (excludes halogenated alkanes) is 5. The van der Waals surface area contributed by atoms with Crippen molar-refractivity contribution >= 4 is 5.97 Å². The lowest BCUT2D eigenvalue weighted by atomic mass is 9.94. The van der Waals surface area contributed by atoms with E-state index in [0.29, 0.717) is 39.3 Å². The van der Waals surface area contributed by atoms with E-state index in [-0.39, 0.29) is 0 Å². The molecule has 3 rings (SSSR count). The minimum absolute atomic E-state index is 0.434. The first-order valence-electron chi connectivity index (χ1n) is 10.7. The molecule has 0 aliphatic carbocycles. The van der Waals surface area contributed by atoms with Crippen molar-refractivity contribution in [1.82, 2.24) is 15.2 Å². The van der Waals surface area contributed by atoms with Gasteiger partial charge in [0.05, 0.1) is 24.2 Å². The van der Waals surface area contributed by atoms with Crippen molar-refractivity contribution in [2.75, 3.05) is 26.4 Å². The Bertz CT molecular complexity index is 743. The van der Waals surface area contributed by atoms with Gasteiger partial charge in [-0.2, -0.15) is 5.10 Å². The average molecular weight is 418 g/mol. The minimum Gasteiger partial charge on any atom is -0.492 e. The summed E-state index contributed by atoms with van der Waals surface area (Å²) in [6, 6.07) is 5.72. The number of nitrogens with zero attached hydrogens (tertiary/aromatic N) is 2. The van der Waals surface area contributed by atoms with Gasteiger partial charge in [0.1, 0.15) is 5.75 Å². The first-order chi connectivity index (χ1) is 14.7. The summed E-state index contributed by atoms with van der Waals surface area (Å²) in [7, 11) is 0. The van der Waals surface area contributed by atoms with Crippen LogP contribution in [0.2, 0.25) is 0 Å². The standard InChI is InChI=1S/C22H31N3O5/c26-21(27)22(10-15-28-16-11-22)30-14-6-4-2-1-3-5-13-29-18-7-8-19(23-17-18)20-9-12-24-25-20/h7-9,12,17H,1-6,10-11,13-16H2,(H,24,25)(H,26,27). The maximum Gasteiger partial charge on any atom is 0.336 e. The number of pyridine rings is 1. The van der Waals surface area contributed by atoms with Crippen molar-refractivity contribution in [3.05, 3.63) is 30.6 Å². The van der Waals surface area contributed by atoms with E-state index in [1.165, 1.54) is 0 Å². The van der Waals surface area contributed by atoms with Crippen molar-refractivity contribution in [1.29, 1.82) is 0 Å². The van der Waals surface area contributed by atoms with E-state index >= 15 is 0 Å². The van der Waals surface area contributed by atoms with Crippen LogP contribution in [-0.2, 0) is 14.3 Å². The van der Waals surface area contributed by atoms with Crippen molar-refractivity contribution in [2.45, 2.75) is 57.0 Å². The molecule has 164 valence electrons. The Balaban J connectivity index is 1.20. The van der Waals surface area contributed by atoms with Gasteiger partial charge in [0, 0.05) is 38.9 Å². The second-order valence-electron chi connectivity index (χ2n) is 7.58. The first-order valence-corrected chi connectivity index (χ1v) is 10.7. The second kappa shape index (κ2) is 11.7. The average Bonchev–Trinajstić information content (AvgIpc) is 3.31. The molecule has 8 nitrogen and oxygen atoms in total. The van der Waals surface area contributed by atoms with Crippen molar-refractivity contribution in [2.24, 2.45) is 0 Å². The molecule has 0 aromatic carbocycles. The largest absolute Gasteiger partial charge is 0.492 e. The van der Waals surface area contributed by atoms with Crippen LogP contribution >= 0.6 is 0 Å². The Hall–Kier alpha value is -2.45. The van der Waals surface area contributed by atoms with Crippen LogP contribution in [0.3, 0.4) is 0 Å². The molecule has 2 aromatic rings. The maximum atomic E-state index is 11.5. The number of ether oxygens (including phenoxy) is 3. The summed E-state index contributed by atoms with van der Waals surface area (Å²) in [6.45, 7) is 2.09. The van der Waals surface area contributed by atoms with E-state index < -0.39 is 11.6 Å². The third kappa shape index (κ3) is 6.53. The SMILES string of the molecule is O=C(O)C1(OCCCCCCCCOc2ccc(-c3ccn[nH]3)nc2)CCOCC1. The monoisotopic (exact) mass is 417 g/mol. The molecule has 1 saturated heterocycles. The molecule has 0 unspecified atom stereocenters. The van der Waals surface area contributed by atoms with Crippen LogP contribution in [0.4, 0.5) is 0 Å². The fourth-order valence-corrected chi connectivity index (χ4v) is 3.51. The molecular formula is C22H31N3O5. The third-order valence-electron chi connectivity index (χ3n) is 5.39. The van der Waals surface area contributed by atoms with Crippen molar-refractivity contribution in [3.63, 3.8) is 0 Å². The molecule has 3 heterocycles. The van der Waals surface area contributed by atoms with Gasteiger partial charge in [-0.25, -0.2) is 4.79 Å². The normalized spacial score (nSPS) is 15.7. The number of aromatic nitrogens is 3. The van der Waals surface area contributed by atoms with Gasteiger partial charge in [-0.3, -0.25) is 10.1 Å². The van der Waals surface area contributed by atoms with E-state index in [9.17, 15) is 9.90 Å². The zero-order valence-electron chi connectivity index (χ0n) is 17.3. The molecule has 2 N–H and O–H groups in total. The molecule has 0 amide bonds. The number of aromatic amines is 1. The summed E-state index contributed by atoms with van der Waals surface area (Å²) in [6.07, 6.45) is 10.6. The van der Waals surface area contributed by atoms with Gasteiger partial charge < -0.3 is 19.3 Å². The van der Waals surface area contributed by atoms with Gasteiger partial charge in [-0.15, -0.1) is 0 Å². The number of hydrogen-bond donors (Lipinski definition) is 2. The zero-order valence-corrected chi connectivity index (χ0v) is 17.3. The Morgan fingerprint density at radius 1 is 1.07 bits per heavy atom. The number of carboxylic acids is 1. The summed E-state index contributed by atoms with van der Waals surface area (Å²) in [5.41, 5.74) is 0.689. The first kappa shape index (κ1) is 22.2. The molecule has 0 bridgehead atoms. The van der Waals surface area contributed by atoms with Crippen molar-refractivity contribution < 1.29 is 24.1 Å². The smallest absolute Gasteiger partial charge is 0.336 e. The molecular weight excluding hydrogens is 386 g/mol. The second-order valence-corrected chi connectivity index (χ2v) is 7.58. The molecule has 0 radical (unpaired) electrons. The van der Waals surface area contributed by atoms with Gasteiger partial charge >= 0.3 is 5.97 Å². The highest BCUT2D eigenvalue weighted by Crippen LogP contribution is 2.26. The Morgan fingerprint density at radius 3 is 2.43 bits per heavy atom. The number of rotatable bonds is 13. The number of nitrogens with one attached hydrogen (secondary N) is 1. The van der Waals surface area contributed by atoms with Crippen LogP contribution < -0.4 is 4.74 Å². The summed E-state index contributed by atoms with van der Waals surface area (Å²) < 4.78 is 16.8. The van der Waals surface area contributed by atoms with E-state index in [2.05, 4.69) is 15.2 Å². The summed E-state index contributed by atoms with van der Waals surface area (Å²) >= 11 is 0. The molecule has 1 aliphatic rings. The van der Waals surface area contributed by atoms with E-state index in [4.69, 9.17) is 14.2 Å². The third-order valence-corrected chi connectivity index (χ3v) is 5.39. The van der Waals surface area contributed by atoms with Crippen LogP contribution in [0.15, 0.2) is 30.6 Å². The number of carboxylic acid groups (broad SMARTS) is 1. The summed E-state index contributed by atoms with van der Waals surface area (Å²) in [5, 5.41) is 16.3. The Labute approximate surface area is 177 Å². The molecule has 30 heavy (non-hydrogen) atoms. The number of aliphatic carboxylic acids is 1. The van der Waals surface area contributed by atoms with Gasteiger partial charge in [-0.1, -0.05) is 25.7 Å². The quantitative estimate of drug-likeness (QED) is 0.477. The molecule has 0 atom stereocenters. The topological polar surface area (TPSA) is 107 Å². The summed E-state index contributed by atoms with van der Waals surface area (Å²) in [5.74, 6) is -0.0900. The number of hydrogen-bond acceptors (Lipinski definition) is 6. The van der Waals surface area contributed by atoms with E-state index in [1.54, 1.807) is 12.4 Å². The van der Waals surface area contributed by atoms with Crippen LogP contribution in [0.25, 0.3) is 11.4 Å². The highest BCUT2D eigenvalue weighted by molar-refractivity contribution is 5.77. The number of H-pyrrole nitrogens is 1. The lowest BCUT2D eigenvalue weighted by molar-refractivity contribution is -0.178. The van der Waals surface area contributed by atoms with Gasteiger partial charge in [0.15, 0.2) is 5.60 Å². The highest BCUT2D eigenvalue weighted by Gasteiger charge is 2.41. The van der Waals surface area contributed by atoms with Gasteiger partial charge in [-0.05, 0) is 31.0 Å². The Kier molecular flexibility index (Phi) is 8.65. The fraction of sp³-hybridized carbons (Fsp3) is 0.591. The Morgan fingerprint density at radius 2 is 1.80 bits per heavy atom. The van der Waals surface area contributed by atoms with Crippen LogP contribution in [0.5, 0.6) is 5.75 Å². The molecule has 0 spiro atoms. The predicted octanol–water partition coefficient (Wildman–Crippen LogP) is 3.84. The molecule has 1 aliphatic heterocycles. The molecule has 1 fully saturated rings. The lowest BCUT2D eigenvalue weighted by Crippen LogP contribution is -2.46.